The summed E-state index contributed by atoms with van der Waals surface area (Å²) >= 11 is 0. The van der Waals surface area contributed by atoms with Crippen LogP contribution in [0.15, 0.2) is 24.3 Å². The molecule has 0 aromatic heterocycles. The van der Waals surface area contributed by atoms with Crippen molar-refractivity contribution in [3.63, 3.8) is 0 Å². The zero-order chi connectivity index (χ0) is 33.1. The molecule has 2 bridgehead atoms. The Morgan fingerprint density at radius 3 is 1.58 bits per heavy atom. The smallest absolute Gasteiger partial charge is 0.340 e. The van der Waals surface area contributed by atoms with Gasteiger partial charge >= 0.3 is 17.9 Å². The standard InChI is InChI=1S/C27H22O18/c28-5-13-22-21(38)23(27(42-13)45-24(39)6-1-9(29)16(33)10(30)2-6)44-26(41)8-4-12(32)18(35)20(37)15(8)14-7(25(40)43-22)3-11(31)17(34)19(14)36/h1-4,13,21-23,27-38H,5H2/t13-,21+,22-,23?,27-/m0/s1. The van der Waals surface area contributed by atoms with E-state index in [0.29, 0.717) is 24.3 Å². The van der Waals surface area contributed by atoms with Gasteiger partial charge in [-0.3, -0.25) is 0 Å². The lowest BCUT2D eigenvalue weighted by Gasteiger charge is -2.42. The first-order valence-corrected chi connectivity index (χ1v) is 12.5. The second-order valence-corrected chi connectivity index (χ2v) is 9.76. The molecule has 0 aliphatic carbocycles. The number of ether oxygens (including phenoxy) is 4. The van der Waals surface area contributed by atoms with Crippen molar-refractivity contribution in [1.82, 2.24) is 0 Å². The van der Waals surface area contributed by atoms with Gasteiger partial charge in [-0.2, -0.15) is 0 Å². The number of fused-ring (bicyclic) bond motifs is 5. The Kier molecular flexibility index (Phi) is 7.49. The van der Waals surface area contributed by atoms with Crippen molar-refractivity contribution < 1.29 is 89.5 Å². The number of phenolic OH excluding ortho intramolecular Hbond substituents is 9. The van der Waals surface area contributed by atoms with Gasteiger partial charge in [0.2, 0.25) is 17.8 Å². The highest BCUT2D eigenvalue weighted by atomic mass is 16.7. The molecule has 1 saturated heterocycles. The van der Waals surface area contributed by atoms with Crippen LogP contribution in [-0.4, -0.2) is 111 Å². The number of carbonyl (C=O) groups is 3. The monoisotopic (exact) mass is 634 g/mol. The Morgan fingerprint density at radius 1 is 0.667 bits per heavy atom. The van der Waals surface area contributed by atoms with Crippen molar-refractivity contribution in [2.24, 2.45) is 0 Å². The van der Waals surface area contributed by atoms with E-state index in [1.54, 1.807) is 0 Å². The molecule has 238 valence electrons. The van der Waals surface area contributed by atoms with E-state index in [4.69, 9.17) is 18.9 Å². The van der Waals surface area contributed by atoms with Crippen molar-refractivity contribution in [2.75, 3.05) is 6.61 Å². The van der Waals surface area contributed by atoms with E-state index in [1.807, 2.05) is 0 Å². The van der Waals surface area contributed by atoms with E-state index >= 15 is 0 Å². The number of benzene rings is 3. The number of phenols is 9. The number of esters is 3. The molecule has 1 fully saturated rings. The molecule has 2 aliphatic heterocycles. The van der Waals surface area contributed by atoms with Crippen LogP contribution in [0.1, 0.15) is 31.1 Å². The predicted octanol–water partition coefficient (Wildman–Crippen LogP) is -0.297. The highest BCUT2D eigenvalue weighted by molar-refractivity contribution is 6.08. The lowest BCUT2D eigenvalue weighted by Crippen LogP contribution is -2.61. The molecule has 2 heterocycles. The Labute approximate surface area is 248 Å². The predicted molar refractivity (Wildman–Crippen MR) is 139 cm³/mol. The van der Waals surface area contributed by atoms with Crippen molar-refractivity contribution in [3.05, 3.63) is 41.0 Å². The van der Waals surface area contributed by atoms with Crippen LogP contribution in [0.25, 0.3) is 11.1 Å². The molecule has 0 saturated carbocycles. The Hall–Kier alpha value is -5.85. The highest BCUT2D eigenvalue weighted by Gasteiger charge is 2.52. The number of hydrogen-bond acceptors (Lipinski definition) is 18. The summed E-state index contributed by atoms with van der Waals surface area (Å²) in [6.07, 6.45) is -10.2. The number of aliphatic hydroxyl groups excluding tert-OH is 2. The van der Waals surface area contributed by atoms with Crippen LogP contribution in [0.3, 0.4) is 0 Å². The largest absolute Gasteiger partial charge is 0.504 e. The third-order valence-electron chi connectivity index (χ3n) is 7.01. The summed E-state index contributed by atoms with van der Waals surface area (Å²) in [6.45, 7) is -1.04. The maximum absolute atomic E-state index is 13.5. The van der Waals surface area contributed by atoms with Crippen LogP contribution >= 0.6 is 0 Å². The molecule has 45 heavy (non-hydrogen) atoms. The Morgan fingerprint density at radius 2 is 1.11 bits per heavy atom. The van der Waals surface area contributed by atoms with E-state index in [1.165, 1.54) is 0 Å². The Balaban J connectivity index is 1.67. The molecule has 3 aromatic carbocycles. The number of rotatable bonds is 3. The molecule has 2 aliphatic rings. The van der Waals surface area contributed by atoms with Gasteiger partial charge in [0.1, 0.15) is 12.2 Å². The van der Waals surface area contributed by atoms with Gasteiger partial charge in [-0.05, 0) is 24.3 Å². The molecule has 0 spiro atoms. The van der Waals surface area contributed by atoms with Gasteiger partial charge in [-0.15, -0.1) is 0 Å². The van der Waals surface area contributed by atoms with E-state index in [2.05, 4.69) is 0 Å². The lowest BCUT2D eigenvalue weighted by atomic mass is 9.92. The Bertz CT molecular complexity index is 1730. The topological polar surface area (TPSA) is 311 Å². The first kappa shape index (κ1) is 30.6. The molecule has 1 unspecified atom stereocenters. The molecular weight excluding hydrogens is 612 g/mol. The summed E-state index contributed by atoms with van der Waals surface area (Å²) in [4.78, 5) is 39.8. The second kappa shape index (κ2) is 11.0. The molecule has 18 nitrogen and oxygen atoms in total. The molecule has 5 atom stereocenters. The van der Waals surface area contributed by atoms with Gasteiger partial charge < -0.3 is 75.1 Å². The average molecular weight is 634 g/mol. The van der Waals surface area contributed by atoms with Crippen LogP contribution in [0, 0.1) is 0 Å². The SMILES string of the molecule is O=C(O[C@@H]1O[C@@H](CO)[C@@H]2OC(=O)c3cc(O)c(O)c(O)c3-c3c(cc(O)c(O)c3O)C(=O)OC1[C@@H]2O)c1cc(O)c(O)c(O)c1. The first-order chi connectivity index (χ1) is 21.2. The minimum absolute atomic E-state index is 0.510. The second-order valence-electron chi connectivity index (χ2n) is 9.76. The fourth-order valence-electron chi connectivity index (χ4n) is 4.79. The van der Waals surface area contributed by atoms with Crippen LogP contribution in [0.5, 0.6) is 51.7 Å². The van der Waals surface area contributed by atoms with Crippen molar-refractivity contribution in [2.45, 2.75) is 30.7 Å². The summed E-state index contributed by atoms with van der Waals surface area (Å²) in [5.74, 6) is -14.8. The summed E-state index contributed by atoms with van der Waals surface area (Å²) in [5.41, 5.74) is -4.24. The average Bonchev–Trinajstić information content (AvgIpc) is 3.00. The van der Waals surface area contributed by atoms with Crippen LogP contribution in [0.2, 0.25) is 0 Å². The number of aromatic hydroxyl groups is 9. The normalized spacial score (nSPS) is 22.7. The molecule has 0 radical (unpaired) electrons. The molecule has 3 aromatic rings. The van der Waals surface area contributed by atoms with Gasteiger partial charge in [-0.1, -0.05) is 0 Å². The van der Waals surface area contributed by atoms with Crippen molar-refractivity contribution in [3.8, 4) is 62.9 Å². The first-order valence-electron chi connectivity index (χ1n) is 12.5. The van der Waals surface area contributed by atoms with E-state index < -0.39 is 135 Å². The van der Waals surface area contributed by atoms with Crippen LogP contribution < -0.4 is 0 Å². The molecular formula is C27H22O18. The van der Waals surface area contributed by atoms with E-state index in [9.17, 15) is 70.6 Å². The molecule has 0 amide bonds. The molecule has 18 heteroatoms. The van der Waals surface area contributed by atoms with Crippen LogP contribution in [-0.2, 0) is 18.9 Å². The van der Waals surface area contributed by atoms with Gasteiger partial charge in [0, 0.05) is 11.1 Å². The van der Waals surface area contributed by atoms with Gasteiger partial charge in [0.05, 0.1) is 23.3 Å². The van der Waals surface area contributed by atoms with Crippen LogP contribution in [0.4, 0.5) is 0 Å². The third-order valence-corrected chi connectivity index (χ3v) is 7.01. The van der Waals surface area contributed by atoms with Crippen molar-refractivity contribution >= 4 is 17.9 Å². The summed E-state index contributed by atoms with van der Waals surface area (Å²) < 4.78 is 21.2. The fraction of sp³-hybridized carbons (Fsp3) is 0.222. The fourth-order valence-corrected chi connectivity index (χ4v) is 4.79. The number of aliphatic hydroxyl groups is 2. The maximum atomic E-state index is 13.5. The minimum Gasteiger partial charge on any atom is -0.504 e. The minimum atomic E-state index is -2.19. The third kappa shape index (κ3) is 4.97. The van der Waals surface area contributed by atoms with Gasteiger partial charge in [0.25, 0.3) is 0 Å². The molecule has 11 N–H and O–H groups in total. The zero-order valence-electron chi connectivity index (χ0n) is 22.2. The number of hydrogen-bond donors (Lipinski definition) is 11. The van der Waals surface area contributed by atoms with E-state index in [-0.39, 0.29) is 0 Å². The highest BCUT2D eigenvalue weighted by Crippen LogP contribution is 2.53. The van der Waals surface area contributed by atoms with Gasteiger partial charge in [-0.25, -0.2) is 14.4 Å². The van der Waals surface area contributed by atoms with Crippen molar-refractivity contribution in [1.29, 1.82) is 0 Å². The number of carbonyl (C=O) groups excluding carboxylic acids is 3. The molecule has 5 rings (SSSR count). The lowest BCUT2D eigenvalue weighted by molar-refractivity contribution is -0.283. The summed E-state index contributed by atoms with van der Waals surface area (Å²) in [7, 11) is 0. The van der Waals surface area contributed by atoms with Gasteiger partial charge in [0.15, 0.2) is 52.5 Å². The van der Waals surface area contributed by atoms with E-state index in [0.717, 1.165) is 0 Å². The maximum Gasteiger partial charge on any atom is 0.340 e. The summed E-state index contributed by atoms with van der Waals surface area (Å²) in [6, 6.07) is 2.40. The summed E-state index contributed by atoms with van der Waals surface area (Å²) in [5, 5.41) is 112. The quantitative estimate of drug-likeness (QED) is 0.100. The zero-order valence-corrected chi connectivity index (χ0v) is 22.2.